The summed E-state index contributed by atoms with van der Waals surface area (Å²) < 4.78 is 34.8. The third kappa shape index (κ3) is 2.62. The Balaban J connectivity index is 1.72. The molecule has 0 bridgehead atoms. The van der Waals surface area contributed by atoms with Crippen molar-refractivity contribution in [1.29, 1.82) is 0 Å². The average molecular weight is 414 g/mol. The number of aromatic nitrogens is 5. The molecule has 2 aromatic carbocycles. The van der Waals surface area contributed by atoms with Gasteiger partial charge in [-0.25, -0.2) is 13.8 Å². The Labute approximate surface area is 166 Å². The van der Waals surface area contributed by atoms with Gasteiger partial charge in [0.2, 0.25) is 17.0 Å². The first-order chi connectivity index (χ1) is 13.9. The van der Waals surface area contributed by atoms with Crippen LogP contribution in [0.25, 0.3) is 39.5 Å². The predicted molar refractivity (Wildman–Crippen MR) is 100 cm³/mol. The van der Waals surface area contributed by atoms with Crippen LogP contribution >= 0.6 is 11.6 Å². The number of fused-ring (bicyclic) bond motifs is 3. The SMILES string of the molecule is Cc1c2c(-c3noc(-c4ccc(F)cc4F)n3)ncn2c2ccc(Cl)cc2[n+]1[O-]. The molecule has 0 aliphatic carbocycles. The molecule has 0 N–H and O–H groups in total. The van der Waals surface area contributed by atoms with Crippen LogP contribution in [-0.4, -0.2) is 19.5 Å². The second-order valence-corrected chi connectivity index (χ2v) is 6.81. The predicted octanol–water partition coefficient (Wildman–Crippen LogP) is 4.08. The zero-order valence-corrected chi connectivity index (χ0v) is 15.5. The summed E-state index contributed by atoms with van der Waals surface area (Å²) in [6.07, 6.45) is 1.53. The summed E-state index contributed by atoms with van der Waals surface area (Å²) in [5, 5.41) is 17.0. The van der Waals surface area contributed by atoms with Gasteiger partial charge in [0.05, 0.1) is 5.56 Å². The molecule has 0 fully saturated rings. The fraction of sp³-hybridized carbons (Fsp3) is 0.0526. The minimum Gasteiger partial charge on any atom is -0.618 e. The molecule has 0 saturated heterocycles. The third-order valence-electron chi connectivity index (χ3n) is 4.63. The van der Waals surface area contributed by atoms with E-state index in [4.69, 9.17) is 16.1 Å². The van der Waals surface area contributed by atoms with Gasteiger partial charge in [-0.2, -0.15) is 9.71 Å². The first-order valence-corrected chi connectivity index (χ1v) is 8.80. The van der Waals surface area contributed by atoms with Gasteiger partial charge in [-0.1, -0.05) is 16.8 Å². The number of hydrogen-bond acceptors (Lipinski definition) is 5. The summed E-state index contributed by atoms with van der Waals surface area (Å²) in [5.74, 6) is -1.60. The standard InChI is InChI=1S/C19H10ClF2N5O2/c1-9-17-16(18-24-19(29-25-18)12-4-3-11(21)7-13(12)22)23-8-26(17)14-5-2-10(20)6-15(14)27(9)28/h2-8H,1H3. The molecule has 3 heterocycles. The molecular weight excluding hydrogens is 404 g/mol. The van der Waals surface area contributed by atoms with E-state index in [0.29, 0.717) is 33.0 Å². The Bertz CT molecular complexity index is 1430. The number of hydrogen-bond donors (Lipinski definition) is 0. The Hall–Kier alpha value is -3.59. The van der Waals surface area contributed by atoms with Crippen LogP contribution in [0.5, 0.6) is 0 Å². The van der Waals surface area contributed by atoms with Crippen molar-refractivity contribution in [2.45, 2.75) is 6.92 Å². The minimum atomic E-state index is -0.827. The molecule has 0 aliphatic rings. The molecule has 3 aromatic heterocycles. The van der Waals surface area contributed by atoms with E-state index in [9.17, 15) is 14.0 Å². The van der Waals surface area contributed by atoms with Crippen LogP contribution in [-0.2, 0) is 0 Å². The monoisotopic (exact) mass is 413 g/mol. The number of halogens is 3. The minimum absolute atomic E-state index is 0.0376. The lowest BCUT2D eigenvalue weighted by Crippen LogP contribution is -2.32. The van der Waals surface area contributed by atoms with Gasteiger partial charge in [0.25, 0.3) is 5.89 Å². The fourth-order valence-corrected chi connectivity index (χ4v) is 3.44. The second kappa shape index (κ2) is 6.21. The molecule has 5 aromatic rings. The average Bonchev–Trinajstić information content (AvgIpc) is 3.33. The van der Waals surface area contributed by atoms with Crippen LogP contribution in [0, 0.1) is 23.8 Å². The van der Waals surface area contributed by atoms with Crippen molar-refractivity contribution >= 4 is 28.2 Å². The smallest absolute Gasteiger partial charge is 0.261 e. The summed E-state index contributed by atoms with van der Waals surface area (Å²) in [6.45, 7) is 1.63. The van der Waals surface area contributed by atoms with Gasteiger partial charge in [0, 0.05) is 24.1 Å². The van der Waals surface area contributed by atoms with E-state index in [1.54, 1.807) is 29.5 Å². The van der Waals surface area contributed by atoms with Gasteiger partial charge in [0.1, 0.15) is 34.7 Å². The molecule has 10 heteroatoms. The van der Waals surface area contributed by atoms with E-state index >= 15 is 0 Å². The lowest BCUT2D eigenvalue weighted by molar-refractivity contribution is -0.583. The number of aryl methyl sites for hydroxylation is 1. The van der Waals surface area contributed by atoms with Crippen LogP contribution in [0.4, 0.5) is 8.78 Å². The molecule has 5 rings (SSSR count). The zero-order valence-electron chi connectivity index (χ0n) is 14.7. The van der Waals surface area contributed by atoms with E-state index in [1.807, 2.05) is 0 Å². The molecule has 0 atom stereocenters. The number of nitrogens with zero attached hydrogens (tertiary/aromatic N) is 5. The summed E-state index contributed by atoms with van der Waals surface area (Å²) in [6, 6.07) is 7.98. The lowest BCUT2D eigenvalue weighted by atomic mass is 10.2. The molecule has 0 unspecified atom stereocenters. The van der Waals surface area contributed by atoms with Gasteiger partial charge in [0.15, 0.2) is 0 Å². The number of rotatable bonds is 2. The lowest BCUT2D eigenvalue weighted by Gasteiger charge is -2.08. The van der Waals surface area contributed by atoms with Crippen molar-refractivity contribution < 1.29 is 18.0 Å². The van der Waals surface area contributed by atoms with Gasteiger partial charge < -0.3 is 9.73 Å². The molecule has 0 saturated carbocycles. The summed E-state index contributed by atoms with van der Waals surface area (Å²) in [4.78, 5) is 8.50. The van der Waals surface area contributed by atoms with Crippen LogP contribution in [0.2, 0.25) is 5.02 Å². The third-order valence-corrected chi connectivity index (χ3v) is 4.87. The molecule has 144 valence electrons. The van der Waals surface area contributed by atoms with Gasteiger partial charge in [-0.3, -0.25) is 4.40 Å². The maximum absolute atomic E-state index is 14.0. The van der Waals surface area contributed by atoms with E-state index < -0.39 is 11.6 Å². The Morgan fingerprint density at radius 2 is 2.00 bits per heavy atom. The molecule has 7 nitrogen and oxygen atoms in total. The highest BCUT2D eigenvalue weighted by atomic mass is 35.5. The van der Waals surface area contributed by atoms with E-state index in [1.165, 1.54) is 12.4 Å². The zero-order chi connectivity index (χ0) is 20.3. The van der Waals surface area contributed by atoms with Crippen molar-refractivity contribution in [3.05, 3.63) is 70.3 Å². The molecule has 29 heavy (non-hydrogen) atoms. The van der Waals surface area contributed by atoms with Crippen molar-refractivity contribution in [3.8, 4) is 23.0 Å². The van der Waals surface area contributed by atoms with E-state index in [0.717, 1.165) is 16.9 Å². The molecule has 0 aliphatic heterocycles. The molecule has 0 spiro atoms. The highest BCUT2D eigenvalue weighted by molar-refractivity contribution is 6.31. The highest BCUT2D eigenvalue weighted by Crippen LogP contribution is 2.29. The molecule has 0 amide bonds. The first kappa shape index (κ1) is 17.5. The van der Waals surface area contributed by atoms with Crippen molar-refractivity contribution in [2.24, 2.45) is 0 Å². The summed E-state index contributed by atoms with van der Waals surface area (Å²) >= 11 is 6.02. The number of benzene rings is 2. The van der Waals surface area contributed by atoms with Crippen molar-refractivity contribution in [2.75, 3.05) is 0 Å². The Kier molecular flexibility index (Phi) is 3.75. The second-order valence-electron chi connectivity index (χ2n) is 6.37. The van der Waals surface area contributed by atoms with Gasteiger partial charge in [-0.15, -0.1) is 0 Å². The largest absolute Gasteiger partial charge is 0.618 e. The van der Waals surface area contributed by atoms with Crippen LogP contribution in [0.3, 0.4) is 0 Å². The van der Waals surface area contributed by atoms with E-state index in [2.05, 4.69) is 15.1 Å². The molecule has 0 radical (unpaired) electrons. The topological polar surface area (TPSA) is 83.2 Å². The fourth-order valence-electron chi connectivity index (χ4n) is 3.27. The summed E-state index contributed by atoms with van der Waals surface area (Å²) in [7, 11) is 0. The quantitative estimate of drug-likeness (QED) is 0.321. The number of imidazole rings is 1. The van der Waals surface area contributed by atoms with E-state index in [-0.39, 0.29) is 17.3 Å². The molecular formula is C19H10ClF2N5O2. The highest BCUT2D eigenvalue weighted by Gasteiger charge is 2.24. The summed E-state index contributed by atoms with van der Waals surface area (Å²) in [5.41, 5.74) is 2.06. The van der Waals surface area contributed by atoms with Crippen LogP contribution in [0.1, 0.15) is 5.69 Å². The Morgan fingerprint density at radius 3 is 2.79 bits per heavy atom. The van der Waals surface area contributed by atoms with Crippen LogP contribution < -0.4 is 4.73 Å². The maximum Gasteiger partial charge on any atom is 0.261 e. The van der Waals surface area contributed by atoms with Crippen LogP contribution in [0.15, 0.2) is 47.2 Å². The van der Waals surface area contributed by atoms with Crippen molar-refractivity contribution in [3.63, 3.8) is 0 Å². The first-order valence-electron chi connectivity index (χ1n) is 8.42. The Morgan fingerprint density at radius 1 is 1.17 bits per heavy atom. The van der Waals surface area contributed by atoms with Gasteiger partial charge in [-0.05, 0) is 24.3 Å². The normalized spacial score (nSPS) is 11.6. The maximum atomic E-state index is 14.0. The van der Waals surface area contributed by atoms with Gasteiger partial charge >= 0.3 is 0 Å². The van der Waals surface area contributed by atoms with Crippen molar-refractivity contribution in [1.82, 2.24) is 19.5 Å².